The Hall–Kier alpha value is -1.39. The largest absolute Gasteiger partial charge is 0.310 e. The van der Waals surface area contributed by atoms with Crippen molar-refractivity contribution < 1.29 is 0 Å². The van der Waals surface area contributed by atoms with E-state index in [4.69, 9.17) is 0 Å². The van der Waals surface area contributed by atoms with Crippen molar-refractivity contribution in [3.8, 4) is 0 Å². The molecule has 1 saturated heterocycles. The molecule has 0 saturated carbocycles. The summed E-state index contributed by atoms with van der Waals surface area (Å²) in [6, 6.07) is 7.51. The van der Waals surface area contributed by atoms with E-state index in [1.165, 1.54) is 30.5 Å². The molecule has 19 heavy (non-hydrogen) atoms. The average molecular weight is 258 g/mol. The minimum absolute atomic E-state index is 0.630. The van der Waals surface area contributed by atoms with Crippen LogP contribution in [0, 0.1) is 0 Å². The van der Waals surface area contributed by atoms with Crippen molar-refractivity contribution >= 4 is 5.52 Å². The van der Waals surface area contributed by atoms with E-state index in [9.17, 15) is 0 Å². The molecule has 3 rings (SSSR count). The van der Waals surface area contributed by atoms with Gasteiger partial charge in [-0.2, -0.15) is 5.10 Å². The van der Waals surface area contributed by atoms with E-state index in [1.54, 1.807) is 0 Å². The van der Waals surface area contributed by atoms with Gasteiger partial charge in [-0.05, 0) is 45.5 Å². The molecule has 1 aliphatic rings. The molecule has 2 aromatic heterocycles. The van der Waals surface area contributed by atoms with Crippen molar-refractivity contribution in [1.82, 2.24) is 19.8 Å². The van der Waals surface area contributed by atoms with E-state index in [1.807, 2.05) is 23.0 Å². The Balaban J connectivity index is 1.63. The summed E-state index contributed by atoms with van der Waals surface area (Å²) in [6.45, 7) is 4.41. The average Bonchev–Trinajstić information content (AvgIpc) is 2.83. The van der Waals surface area contributed by atoms with E-state index in [2.05, 4.69) is 41.4 Å². The Morgan fingerprint density at radius 2 is 2.32 bits per heavy atom. The first-order valence-corrected chi connectivity index (χ1v) is 7.09. The summed E-state index contributed by atoms with van der Waals surface area (Å²) in [4.78, 5) is 2.44. The van der Waals surface area contributed by atoms with Gasteiger partial charge in [0, 0.05) is 30.4 Å². The Morgan fingerprint density at radius 1 is 1.42 bits per heavy atom. The third-order valence-corrected chi connectivity index (χ3v) is 4.30. The van der Waals surface area contributed by atoms with Crippen LogP contribution in [0.2, 0.25) is 0 Å². The Kier molecular flexibility index (Phi) is 3.53. The fraction of sp³-hybridized carbons (Fsp3) is 0.533. The van der Waals surface area contributed by atoms with Crippen molar-refractivity contribution in [3.05, 3.63) is 36.2 Å². The van der Waals surface area contributed by atoms with E-state index in [0.29, 0.717) is 12.1 Å². The van der Waals surface area contributed by atoms with Crippen LogP contribution < -0.4 is 5.32 Å². The maximum atomic E-state index is 4.38. The first-order chi connectivity index (χ1) is 9.24. The molecule has 2 atom stereocenters. The second-order valence-electron chi connectivity index (χ2n) is 5.63. The van der Waals surface area contributed by atoms with Crippen LogP contribution in [0.25, 0.3) is 5.52 Å². The lowest BCUT2D eigenvalue weighted by molar-refractivity contribution is 0.168. The highest BCUT2D eigenvalue weighted by atomic mass is 15.2. The first kappa shape index (κ1) is 12.6. The van der Waals surface area contributed by atoms with Gasteiger partial charge in [0.2, 0.25) is 0 Å². The molecule has 102 valence electrons. The molecular weight excluding hydrogens is 236 g/mol. The Bertz CT molecular complexity index is 548. The highest BCUT2D eigenvalue weighted by molar-refractivity contribution is 5.53. The molecule has 1 fully saturated rings. The summed E-state index contributed by atoms with van der Waals surface area (Å²) in [5, 5.41) is 8.06. The second kappa shape index (κ2) is 5.31. The number of aromatic nitrogens is 2. The van der Waals surface area contributed by atoms with Gasteiger partial charge in [-0.25, -0.2) is 4.52 Å². The fourth-order valence-electron chi connectivity index (χ4n) is 2.85. The molecule has 2 unspecified atom stereocenters. The van der Waals surface area contributed by atoms with Gasteiger partial charge in [0.15, 0.2) is 0 Å². The third kappa shape index (κ3) is 2.65. The van der Waals surface area contributed by atoms with Gasteiger partial charge < -0.3 is 10.2 Å². The van der Waals surface area contributed by atoms with Gasteiger partial charge in [0.25, 0.3) is 0 Å². The number of pyridine rings is 1. The normalized spacial score (nSPS) is 24.9. The summed E-state index contributed by atoms with van der Waals surface area (Å²) in [5.74, 6) is 0. The highest BCUT2D eigenvalue weighted by Gasteiger charge is 2.22. The van der Waals surface area contributed by atoms with Gasteiger partial charge in [-0.1, -0.05) is 6.07 Å². The third-order valence-electron chi connectivity index (χ3n) is 4.30. The van der Waals surface area contributed by atoms with E-state index in [-0.39, 0.29) is 0 Å². The lowest BCUT2D eigenvalue weighted by atomic mass is 9.99. The molecule has 1 N–H and O–H groups in total. The summed E-state index contributed by atoms with van der Waals surface area (Å²) >= 11 is 0. The van der Waals surface area contributed by atoms with E-state index >= 15 is 0 Å². The lowest BCUT2D eigenvalue weighted by Gasteiger charge is -2.35. The standard InChI is InChI=1S/C15H22N4/c1-12-9-14(6-8-18(12)2)16-10-13-11-17-19-7-4-3-5-15(13)19/h3-5,7,11-12,14,16H,6,8-10H2,1-2H3. The minimum Gasteiger partial charge on any atom is -0.310 e. The summed E-state index contributed by atoms with van der Waals surface area (Å²) in [6.07, 6.45) is 6.44. The molecule has 2 aromatic rings. The predicted molar refractivity (Wildman–Crippen MR) is 77.1 cm³/mol. The van der Waals surface area contributed by atoms with Crippen molar-refractivity contribution in [3.63, 3.8) is 0 Å². The monoisotopic (exact) mass is 258 g/mol. The smallest absolute Gasteiger partial charge is 0.0706 e. The maximum Gasteiger partial charge on any atom is 0.0706 e. The van der Waals surface area contributed by atoms with Crippen molar-refractivity contribution in [2.24, 2.45) is 0 Å². The van der Waals surface area contributed by atoms with Crippen LogP contribution in [0.3, 0.4) is 0 Å². The van der Waals surface area contributed by atoms with Crippen LogP contribution >= 0.6 is 0 Å². The molecule has 0 spiro atoms. The zero-order valence-electron chi connectivity index (χ0n) is 11.7. The molecule has 1 aliphatic heterocycles. The molecule has 3 heterocycles. The van der Waals surface area contributed by atoms with Crippen molar-refractivity contribution in [2.45, 2.75) is 38.4 Å². The number of nitrogens with zero attached hydrogens (tertiary/aromatic N) is 3. The molecule has 0 bridgehead atoms. The highest BCUT2D eigenvalue weighted by Crippen LogP contribution is 2.16. The van der Waals surface area contributed by atoms with Gasteiger partial charge in [-0.15, -0.1) is 0 Å². The Morgan fingerprint density at radius 3 is 3.16 bits per heavy atom. The lowest BCUT2D eigenvalue weighted by Crippen LogP contribution is -2.45. The number of hydrogen-bond acceptors (Lipinski definition) is 3. The SMILES string of the molecule is CC1CC(NCc2cnn3ccccc23)CCN1C. The molecule has 4 heteroatoms. The van der Waals surface area contributed by atoms with E-state index in [0.717, 1.165) is 6.54 Å². The van der Waals surface area contributed by atoms with E-state index < -0.39 is 0 Å². The topological polar surface area (TPSA) is 32.6 Å². The molecule has 0 aromatic carbocycles. The molecule has 4 nitrogen and oxygen atoms in total. The van der Waals surface area contributed by atoms with Crippen LogP contribution in [0.4, 0.5) is 0 Å². The van der Waals surface area contributed by atoms with Crippen molar-refractivity contribution in [1.29, 1.82) is 0 Å². The number of piperidine rings is 1. The van der Waals surface area contributed by atoms with Crippen molar-refractivity contribution in [2.75, 3.05) is 13.6 Å². The summed E-state index contributed by atoms with van der Waals surface area (Å²) < 4.78 is 1.94. The van der Waals surface area contributed by atoms with Crippen LogP contribution in [0.1, 0.15) is 25.3 Å². The number of rotatable bonds is 3. The number of likely N-dealkylation sites (tertiary alicyclic amines) is 1. The first-order valence-electron chi connectivity index (χ1n) is 7.09. The minimum atomic E-state index is 0.630. The van der Waals surface area contributed by atoms with Gasteiger partial charge >= 0.3 is 0 Å². The molecule has 0 amide bonds. The van der Waals surface area contributed by atoms with Gasteiger partial charge in [0.05, 0.1) is 11.7 Å². The van der Waals surface area contributed by atoms with Gasteiger partial charge in [-0.3, -0.25) is 0 Å². The second-order valence-corrected chi connectivity index (χ2v) is 5.63. The molecule has 0 radical (unpaired) electrons. The quantitative estimate of drug-likeness (QED) is 0.913. The van der Waals surface area contributed by atoms with Crippen LogP contribution in [0.15, 0.2) is 30.6 Å². The maximum absolute atomic E-state index is 4.38. The van der Waals surface area contributed by atoms with Crippen LogP contribution in [-0.4, -0.2) is 40.2 Å². The molecular formula is C15H22N4. The number of nitrogens with one attached hydrogen (secondary N) is 1. The zero-order chi connectivity index (χ0) is 13.2. The Labute approximate surface area is 114 Å². The van der Waals surface area contributed by atoms with Gasteiger partial charge in [0.1, 0.15) is 0 Å². The molecule has 0 aliphatic carbocycles. The zero-order valence-corrected chi connectivity index (χ0v) is 11.7. The number of fused-ring (bicyclic) bond motifs is 1. The summed E-state index contributed by atoms with van der Waals surface area (Å²) in [7, 11) is 2.21. The van der Waals surface area contributed by atoms with Crippen LogP contribution in [-0.2, 0) is 6.54 Å². The number of hydrogen-bond donors (Lipinski definition) is 1. The van der Waals surface area contributed by atoms with Crippen LogP contribution in [0.5, 0.6) is 0 Å². The predicted octanol–water partition coefficient (Wildman–Crippen LogP) is 1.91. The fourth-order valence-corrected chi connectivity index (χ4v) is 2.85. The summed E-state index contributed by atoms with van der Waals surface area (Å²) in [5.41, 5.74) is 2.49.